The molecule has 1 amide bonds. The van der Waals surface area contributed by atoms with E-state index < -0.39 is 0 Å². The number of nitrogens with one attached hydrogen (secondary N) is 1. The van der Waals surface area contributed by atoms with Crippen molar-refractivity contribution >= 4 is 11.7 Å². The standard InChI is InChI=1S/C19H19FN4O/c1-3-12-24-19(22-13(2)25)17(14-8-10-21-11-9-14)18(23-24)15-4-6-16(20)7-5-15/h4-11H,3,12H2,1-2H3,(H,22,25). The average Bonchev–Trinajstić information content (AvgIpc) is 2.94. The molecule has 3 rings (SSSR count). The van der Waals surface area contributed by atoms with Crippen LogP contribution < -0.4 is 5.32 Å². The fourth-order valence-corrected chi connectivity index (χ4v) is 2.73. The lowest BCUT2D eigenvalue weighted by Gasteiger charge is -2.09. The zero-order valence-corrected chi connectivity index (χ0v) is 14.2. The molecule has 2 aromatic heterocycles. The zero-order chi connectivity index (χ0) is 17.8. The lowest BCUT2D eigenvalue weighted by atomic mass is 10.0. The van der Waals surface area contributed by atoms with E-state index in [-0.39, 0.29) is 11.7 Å². The van der Waals surface area contributed by atoms with Gasteiger partial charge in [0.25, 0.3) is 0 Å². The van der Waals surface area contributed by atoms with Crippen molar-refractivity contribution in [2.45, 2.75) is 26.8 Å². The molecule has 0 aliphatic carbocycles. The summed E-state index contributed by atoms with van der Waals surface area (Å²) in [7, 11) is 0. The maximum absolute atomic E-state index is 13.3. The molecule has 2 heterocycles. The first-order valence-corrected chi connectivity index (χ1v) is 8.15. The summed E-state index contributed by atoms with van der Waals surface area (Å²) in [5, 5.41) is 7.58. The molecule has 3 aromatic rings. The van der Waals surface area contributed by atoms with Gasteiger partial charge in [-0.1, -0.05) is 6.92 Å². The Hall–Kier alpha value is -3.02. The van der Waals surface area contributed by atoms with E-state index >= 15 is 0 Å². The van der Waals surface area contributed by atoms with E-state index in [1.165, 1.54) is 19.1 Å². The molecule has 0 saturated carbocycles. The third-order valence-electron chi connectivity index (χ3n) is 3.77. The molecule has 6 heteroatoms. The van der Waals surface area contributed by atoms with Crippen LogP contribution in [0.1, 0.15) is 20.3 Å². The molecular weight excluding hydrogens is 319 g/mol. The molecule has 1 N–H and O–H groups in total. The third kappa shape index (κ3) is 3.57. The van der Waals surface area contributed by atoms with Crippen LogP contribution in [-0.4, -0.2) is 20.7 Å². The number of amides is 1. The first-order chi connectivity index (χ1) is 12.1. The molecule has 0 fully saturated rings. The Morgan fingerprint density at radius 3 is 2.40 bits per heavy atom. The van der Waals surface area contributed by atoms with Gasteiger partial charge in [0.15, 0.2) is 0 Å². The third-order valence-corrected chi connectivity index (χ3v) is 3.77. The van der Waals surface area contributed by atoms with E-state index in [1.54, 1.807) is 29.2 Å². The SMILES string of the molecule is CCCn1nc(-c2ccc(F)cc2)c(-c2ccncc2)c1NC(C)=O. The molecule has 1 aromatic carbocycles. The van der Waals surface area contributed by atoms with E-state index in [0.29, 0.717) is 18.1 Å². The number of aromatic nitrogens is 3. The van der Waals surface area contributed by atoms with E-state index in [9.17, 15) is 9.18 Å². The highest BCUT2D eigenvalue weighted by Gasteiger charge is 2.21. The molecule has 0 radical (unpaired) electrons. The zero-order valence-electron chi connectivity index (χ0n) is 14.2. The van der Waals surface area contributed by atoms with Crippen LogP contribution in [0.2, 0.25) is 0 Å². The second-order valence-electron chi connectivity index (χ2n) is 5.72. The maximum Gasteiger partial charge on any atom is 0.222 e. The van der Waals surface area contributed by atoms with Gasteiger partial charge in [-0.05, 0) is 48.4 Å². The highest BCUT2D eigenvalue weighted by Crippen LogP contribution is 2.37. The summed E-state index contributed by atoms with van der Waals surface area (Å²) in [5.74, 6) is 0.169. The van der Waals surface area contributed by atoms with E-state index in [2.05, 4.69) is 15.4 Å². The van der Waals surface area contributed by atoms with Crippen LogP contribution in [0.4, 0.5) is 10.2 Å². The summed E-state index contributed by atoms with van der Waals surface area (Å²) in [6.45, 7) is 4.18. The molecule has 0 unspecified atom stereocenters. The quantitative estimate of drug-likeness (QED) is 0.761. The highest BCUT2D eigenvalue weighted by molar-refractivity contribution is 5.97. The molecule has 0 atom stereocenters. The van der Waals surface area contributed by atoms with Crippen LogP contribution in [0, 0.1) is 5.82 Å². The van der Waals surface area contributed by atoms with Gasteiger partial charge in [0.05, 0.1) is 5.56 Å². The fraction of sp³-hybridized carbons (Fsp3) is 0.211. The Balaban J connectivity index is 2.25. The van der Waals surface area contributed by atoms with Gasteiger partial charge in [-0.25, -0.2) is 9.07 Å². The maximum atomic E-state index is 13.3. The first-order valence-electron chi connectivity index (χ1n) is 8.15. The van der Waals surface area contributed by atoms with Crippen molar-refractivity contribution in [1.29, 1.82) is 0 Å². The number of aryl methyl sites for hydroxylation is 1. The monoisotopic (exact) mass is 338 g/mol. The summed E-state index contributed by atoms with van der Waals surface area (Å²) in [5.41, 5.74) is 3.18. The number of nitrogens with zero attached hydrogens (tertiary/aromatic N) is 3. The molecule has 0 bridgehead atoms. The molecule has 5 nitrogen and oxygen atoms in total. The summed E-state index contributed by atoms with van der Waals surface area (Å²) in [6.07, 6.45) is 4.25. The van der Waals surface area contributed by atoms with Gasteiger partial charge in [0, 0.05) is 31.4 Å². The van der Waals surface area contributed by atoms with Gasteiger partial charge < -0.3 is 5.32 Å². The van der Waals surface area contributed by atoms with Gasteiger partial charge in [0.1, 0.15) is 17.3 Å². The number of benzene rings is 1. The Morgan fingerprint density at radius 1 is 1.12 bits per heavy atom. The Bertz CT molecular complexity index is 872. The number of halogens is 1. The first kappa shape index (κ1) is 16.8. The molecule has 0 aliphatic rings. The van der Waals surface area contributed by atoms with Gasteiger partial charge in [-0.2, -0.15) is 5.10 Å². The molecule has 0 spiro atoms. The summed E-state index contributed by atoms with van der Waals surface area (Å²) >= 11 is 0. The lowest BCUT2D eigenvalue weighted by molar-refractivity contribution is -0.114. The molecule has 25 heavy (non-hydrogen) atoms. The number of hydrogen-bond acceptors (Lipinski definition) is 3. The van der Waals surface area contributed by atoms with Crippen LogP contribution in [0.15, 0.2) is 48.8 Å². The van der Waals surface area contributed by atoms with Crippen molar-refractivity contribution in [2.24, 2.45) is 0 Å². The average molecular weight is 338 g/mol. The minimum absolute atomic E-state index is 0.168. The molecule has 0 saturated heterocycles. The minimum atomic E-state index is -0.302. The van der Waals surface area contributed by atoms with Gasteiger partial charge >= 0.3 is 0 Å². The highest BCUT2D eigenvalue weighted by atomic mass is 19.1. The number of pyridine rings is 1. The normalized spacial score (nSPS) is 10.7. The smallest absolute Gasteiger partial charge is 0.222 e. The van der Waals surface area contributed by atoms with Crippen molar-refractivity contribution < 1.29 is 9.18 Å². The topological polar surface area (TPSA) is 59.8 Å². The minimum Gasteiger partial charge on any atom is -0.311 e. The summed E-state index contributed by atoms with van der Waals surface area (Å²) in [4.78, 5) is 15.8. The molecule has 128 valence electrons. The second-order valence-corrected chi connectivity index (χ2v) is 5.72. The van der Waals surface area contributed by atoms with E-state index in [1.807, 2.05) is 19.1 Å². The van der Waals surface area contributed by atoms with Crippen LogP contribution in [0.25, 0.3) is 22.4 Å². The van der Waals surface area contributed by atoms with Gasteiger partial charge in [0.2, 0.25) is 5.91 Å². The summed E-state index contributed by atoms with van der Waals surface area (Å²) < 4.78 is 15.1. The van der Waals surface area contributed by atoms with Crippen LogP contribution >= 0.6 is 0 Å². The van der Waals surface area contributed by atoms with Gasteiger partial charge in [-0.15, -0.1) is 0 Å². The van der Waals surface area contributed by atoms with Crippen molar-refractivity contribution in [1.82, 2.24) is 14.8 Å². The van der Waals surface area contributed by atoms with Crippen LogP contribution in [-0.2, 0) is 11.3 Å². The summed E-state index contributed by atoms with van der Waals surface area (Å²) in [6, 6.07) is 9.93. The predicted molar refractivity (Wildman–Crippen MR) is 95.4 cm³/mol. The van der Waals surface area contributed by atoms with E-state index in [0.717, 1.165) is 23.1 Å². The van der Waals surface area contributed by atoms with Gasteiger partial charge in [-0.3, -0.25) is 9.78 Å². The molecule has 0 aliphatic heterocycles. The molecular formula is C19H19FN4O. The van der Waals surface area contributed by atoms with Crippen LogP contribution in [0.5, 0.6) is 0 Å². The lowest BCUT2D eigenvalue weighted by Crippen LogP contribution is -2.12. The Morgan fingerprint density at radius 2 is 1.80 bits per heavy atom. The number of hydrogen-bond donors (Lipinski definition) is 1. The fourth-order valence-electron chi connectivity index (χ4n) is 2.73. The van der Waals surface area contributed by atoms with Crippen molar-refractivity contribution in [3.05, 3.63) is 54.6 Å². The number of anilines is 1. The van der Waals surface area contributed by atoms with Crippen LogP contribution in [0.3, 0.4) is 0 Å². The Kier molecular flexibility index (Phi) is 4.88. The number of carbonyl (C=O) groups is 1. The predicted octanol–water partition coefficient (Wildman–Crippen LogP) is 4.12. The van der Waals surface area contributed by atoms with Crippen molar-refractivity contribution in [2.75, 3.05) is 5.32 Å². The second kappa shape index (κ2) is 7.25. The van der Waals surface area contributed by atoms with Crippen molar-refractivity contribution in [3.63, 3.8) is 0 Å². The van der Waals surface area contributed by atoms with E-state index in [4.69, 9.17) is 0 Å². The van der Waals surface area contributed by atoms with Crippen molar-refractivity contribution in [3.8, 4) is 22.4 Å². The number of rotatable bonds is 5. The number of carbonyl (C=O) groups excluding carboxylic acids is 1. The largest absolute Gasteiger partial charge is 0.311 e. The Labute approximate surface area is 145 Å².